The van der Waals surface area contributed by atoms with Gasteiger partial charge in [0, 0.05) is 18.7 Å². The Morgan fingerprint density at radius 3 is 2.80 bits per heavy atom. The second kappa shape index (κ2) is 5.87. The summed E-state index contributed by atoms with van der Waals surface area (Å²) in [4.78, 5) is 0. The van der Waals surface area contributed by atoms with E-state index >= 15 is 0 Å². The molecular formula is C17H19NO2. The van der Waals surface area contributed by atoms with Crippen molar-refractivity contribution in [3.05, 3.63) is 53.6 Å². The molecule has 1 N–H and O–H groups in total. The van der Waals surface area contributed by atoms with Gasteiger partial charge in [-0.1, -0.05) is 12.1 Å². The molecule has 2 aromatic carbocycles. The Labute approximate surface area is 119 Å². The summed E-state index contributed by atoms with van der Waals surface area (Å²) < 4.78 is 11.0. The van der Waals surface area contributed by atoms with Crippen LogP contribution in [0.15, 0.2) is 42.5 Å². The van der Waals surface area contributed by atoms with Crippen molar-refractivity contribution in [3.63, 3.8) is 0 Å². The van der Waals surface area contributed by atoms with Gasteiger partial charge in [0.1, 0.15) is 11.5 Å². The zero-order chi connectivity index (χ0) is 13.8. The minimum absolute atomic E-state index is 0.698. The number of hydrogen-bond acceptors (Lipinski definition) is 3. The first-order valence-electron chi connectivity index (χ1n) is 7.06. The molecule has 0 bridgehead atoms. The predicted octanol–water partition coefficient (Wildman–Crippen LogP) is 3.63. The summed E-state index contributed by atoms with van der Waals surface area (Å²) in [7, 11) is 0. The van der Waals surface area contributed by atoms with Crippen LogP contribution in [-0.2, 0) is 13.0 Å². The van der Waals surface area contributed by atoms with Crippen molar-refractivity contribution in [2.75, 3.05) is 18.5 Å². The van der Waals surface area contributed by atoms with Crippen LogP contribution in [0.1, 0.15) is 18.1 Å². The molecule has 20 heavy (non-hydrogen) atoms. The summed E-state index contributed by atoms with van der Waals surface area (Å²) in [6.07, 6.45) is 1.02. The quantitative estimate of drug-likeness (QED) is 0.899. The molecule has 1 aliphatic rings. The summed E-state index contributed by atoms with van der Waals surface area (Å²) in [5.41, 5.74) is 3.70. The monoisotopic (exact) mass is 269 g/mol. The maximum absolute atomic E-state index is 5.52. The molecule has 3 rings (SSSR count). The van der Waals surface area contributed by atoms with Gasteiger partial charge < -0.3 is 14.8 Å². The zero-order valence-electron chi connectivity index (χ0n) is 11.7. The Kier molecular flexibility index (Phi) is 3.77. The SMILES string of the molecule is CCOc1ccc(NCc2ccc3c(c2)CCO3)cc1. The fraction of sp³-hybridized carbons (Fsp3) is 0.294. The van der Waals surface area contributed by atoms with Crippen LogP contribution in [0, 0.1) is 0 Å². The van der Waals surface area contributed by atoms with E-state index in [1.54, 1.807) is 0 Å². The van der Waals surface area contributed by atoms with Gasteiger partial charge in [-0.3, -0.25) is 0 Å². The highest BCUT2D eigenvalue weighted by atomic mass is 16.5. The van der Waals surface area contributed by atoms with Crippen LogP contribution in [0.4, 0.5) is 5.69 Å². The maximum Gasteiger partial charge on any atom is 0.122 e. The zero-order valence-corrected chi connectivity index (χ0v) is 11.7. The molecule has 0 radical (unpaired) electrons. The lowest BCUT2D eigenvalue weighted by atomic mass is 10.1. The summed E-state index contributed by atoms with van der Waals surface area (Å²) in [6.45, 7) is 4.32. The molecule has 0 fully saturated rings. The molecule has 2 aromatic rings. The number of fused-ring (bicyclic) bond motifs is 1. The molecule has 3 heteroatoms. The second-order valence-electron chi connectivity index (χ2n) is 4.85. The van der Waals surface area contributed by atoms with Gasteiger partial charge in [-0.2, -0.15) is 0 Å². The van der Waals surface area contributed by atoms with E-state index in [1.807, 2.05) is 31.2 Å². The predicted molar refractivity (Wildman–Crippen MR) is 80.6 cm³/mol. The van der Waals surface area contributed by atoms with E-state index in [0.29, 0.717) is 6.61 Å². The number of nitrogens with one attached hydrogen (secondary N) is 1. The summed E-state index contributed by atoms with van der Waals surface area (Å²) >= 11 is 0. The first-order valence-corrected chi connectivity index (χ1v) is 7.06. The smallest absolute Gasteiger partial charge is 0.122 e. The third kappa shape index (κ3) is 2.87. The molecule has 0 spiro atoms. The molecule has 0 unspecified atom stereocenters. The summed E-state index contributed by atoms with van der Waals surface area (Å²) in [5.74, 6) is 1.95. The molecule has 0 aromatic heterocycles. The topological polar surface area (TPSA) is 30.5 Å². The molecule has 0 saturated carbocycles. The van der Waals surface area contributed by atoms with Crippen LogP contribution < -0.4 is 14.8 Å². The van der Waals surface area contributed by atoms with Gasteiger partial charge in [-0.15, -0.1) is 0 Å². The normalized spacial score (nSPS) is 12.7. The highest BCUT2D eigenvalue weighted by Crippen LogP contribution is 2.26. The van der Waals surface area contributed by atoms with Crippen molar-refractivity contribution in [2.24, 2.45) is 0 Å². The van der Waals surface area contributed by atoms with E-state index in [9.17, 15) is 0 Å². The molecule has 3 nitrogen and oxygen atoms in total. The van der Waals surface area contributed by atoms with Crippen LogP contribution in [0.3, 0.4) is 0 Å². The van der Waals surface area contributed by atoms with E-state index in [-0.39, 0.29) is 0 Å². The van der Waals surface area contributed by atoms with Crippen molar-refractivity contribution in [3.8, 4) is 11.5 Å². The van der Waals surface area contributed by atoms with Gasteiger partial charge in [0.05, 0.1) is 13.2 Å². The van der Waals surface area contributed by atoms with Crippen LogP contribution in [0.25, 0.3) is 0 Å². The van der Waals surface area contributed by atoms with Gasteiger partial charge in [0.15, 0.2) is 0 Å². The van der Waals surface area contributed by atoms with Crippen LogP contribution in [-0.4, -0.2) is 13.2 Å². The first-order chi connectivity index (χ1) is 9.85. The third-order valence-corrected chi connectivity index (χ3v) is 3.42. The Hall–Kier alpha value is -2.16. The Bertz CT molecular complexity index is 578. The maximum atomic E-state index is 5.52. The van der Waals surface area contributed by atoms with Gasteiger partial charge in [0.25, 0.3) is 0 Å². The van der Waals surface area contributed by atoms with Crippen LogP contribution in [0.2, 0.25) is 0 Å². The molecule has 0 aliphatic carbocycles. The minimum atomic E-state index is 0.698. The molecule has 1 heterocycles. The highest BCUT2D eigenvalue weighted by Gasteiger charge is 2.11. The van der Waals surface area contributed by atoms with Gasteiger partial charge in [-0.25, -0.2) is 0 Å². The lowest BCUT2D eigenvalue weighted by Gasteiger charge is -2.09. The van der Waals surface area contributed by atoms with Crippen molar-refractivity contribution in [1.29, 1.82) is 0 Å². The van der Waals surface area contributed by atoms with E-state index < -0.39 is 0 Å². The lowest BCUT2D eigenvalue weighted by Crippen LogP contribution is -2.00. The van der Waals surface area contributed by atoms with Crippen molar-refractivity contribution < 1.29 is 9.47 Å². The van der Waals surface area contributed by atoms with Gasteiger partial charge >= 0.3 is 0 Å². The Morgan fingerprint density at radius 2 is 2.00 bits per heavy atom. The van der Waals surface area contributed by atoms with E-state index in [1.165, 1.54) is 11.1 Å². The first kappa shape index (κ1) is 12.9. The largest absolute Gasteiger partial charge is 0.494 e. The van der Waals surface area contributed by atoms with Gasteiger partial charge in [0.2, 0.25) is 0 Å². The summed E-state index contributed by atoms with van der Waals surface area (Å²) in [6, 6.07) is 14.5. The Morgan fingerprint density at radius 1 is 1.15 bits per heavy atom. The molecule has 0 saturated heterocycles. The number of ether oxygens (including phenoxy) is 2. The number of benzene rings is 2. The fourth-order valence-corrected chi connectivity index (χ4v) is 2.39. The molecule has 0 atom stereocenters. The number of hydrogen-bond donors (Lipinski definition) is 1. The lowest BCUT2D eigenvalue weighted by molar-refractivity contribution is 0.340. The van der Waals surface area contributed by atoms with Crippen LogP contribution >= 0.6 is 0 Å². The molecule has 104 valence electrons. The Balaban J connectivity index is 1.61. The van der Waals surface area contributed by atoms with E-state index in [0.717, 1.165) is 36.8 Å². The molecule has 0 amide bonds. The fourth-order valence-electron chi connectivity index (χ4n) is 2.39. The van der Waals surface area contributed by atoms with E-state index in [2.05, 4.69) is 23.5 Å². The highest BCUT2D eigenvalue weighted by molar-refractivity contribution is 5.47. The number of rotatable bonds is 5. The van der Waals surface area contributed by atoms with Crippen molar-refractivity contribution in [1.82, 2.24) is 0 Å². The van der Waals surface area contributed by atoms with Gasteiger partial charge in [-0.05, 0) is 48.4 Å². The third-order valence-electron chi connectivity index (χ3n) is 3.42. The van der Waals surface area contributed by atoms with E-state index in [4.69, 9.17) is 9.47 Å². The second-order valence-corrected chi connectivity index (χ2v) is 4.85. The molecular weight excluding hydrogens is 250 g/mol. The van der Waals surface area contributed by atoms with Crippen molar-refractivity contribution >= 4 is 5.69 Å². The van der Waals surface area contributed by atoms with Crippen molar-refractivity contribution in [2.45, 2.75) is 19.9 Å². The van der Waals surface area contributed by atoms with Crippen LogP contribution in [0.5, 0.6) is 11.5 Å². The summed E-state index contributed by atoms with van der Waals surface area (Å²) in [5, 5.41) is 3.43. The molecule has 1 aliphatic heterocycles. The minimum Gasteiger partial charge on any atom is -0.494 e. The number of anilines is 1. The average Bonchev–Trinajstić information content (AvgIpc) is 2.94. The average molecular weight is 269 g/mol. The standard InChI is InChI=1S/C17H19NO2/c1-2-19-16-6-4-15(5-7-16)18-12-13-3-8-17-14(11-13)9-10-20-17/h3-8,11,18H,2,9-10,12H2,1H3.